The van der Waals surface area contributed by atoms with Gasteiger partial charge in [-0.2, -0.15) is 0 Å². The fourth-order valence-corrected chi connectivity index (χ4v) is 6.33. The van der Waals surface area contributed by atoms with Crippen LogP contribution in [0.15, 0.2) is 94.6 Å². The van der Waals surface area contributed by atoms with Crippen LogP contribution in [-0.2, 0) is 10.0 Å². The molecule has 1 aliphatic rings. The van der Waals surface area contributed by atoms with Crippen molar-refractivity contribution in [2.45, 2.75) is 17.0 Å². The molecule has 2 heterocycles. The normalized spacial score (nSPS) is 17.4. The Morgan fingerprint density at radius 1 is 0.743 bits per heavy atom. The molecule has 1 aliphatic heterocycles. The topological polar surface area (TPSA) is 59.4 Å². The molecule has 5 rings (SSSR count). The molecule has 35 heavy (non-hydrogen) atoms. The molecule has 0 saturated carbocycles. The van der Waals surface area contributed by atoms with Crippen molar-refractivity contribution in [3.63, 3.8) is 0 Å². The molecule has 0 spiro atoms. The van der Waals surface area contributed by atoms with Crippen LogP contribution in [0.25, 0.3) is 0 Å². The lowest BCUT2D eigenvalue weighted by molar-refractivity contribution is 0.522. The second-order valence-corrected chi connectivity index (χ2v) is 10.6. The highest BCUT2D eigenvalue weighted by Crippen LogP contribution is 2.49. The molecule has 0 aliphatic carbocycles. The highest BCUT2D eigenvalue weighted by Gasteiger charge is 2.47. The van der Waals surface area contributed by atoms with Gasteiger partial charge < -0.3 is 0 Å². The minimum absolute atomic E-state index is 0.0427. The van der Waals surface area contributed by atoms with Gasteiger partial charge in [0.1, 0.15) is 22.3 Å². The molecule has 5 nitrogen and oxygen atoms in total. The average Bonchev–Trinajstić information content (AvgIpc) is 3.17. The maximum atomic E-state index is 14.8. The van der Waals surface area contributed by atoms with Crippen molar-refractivity contribution in [2.75, 3.05) is 4.31 Å². The molecule has 2 atom stereocenters. The van der Waals surface area contributed by atoms with Crippen molar-refractivity contribution in [2.24, 2.45) is 0 Å². The predicted octanol–water partition coefficient (Wildman–Crippen LogP) is 5.97. The third-order valence-electron chi connectivity index (χ3n) is 5.88. The van der Waals surface area contributed by atoms with Crippen LogP contribution in [0.3, 0.4) is 0 Å². The number of anilines is 1. The van der Waals surface area contributed by atoms with Crippen LogP contribution in [0.4, 0.5) is 14.6 Å². The third-order valence-corrected chi connectivity index (χ3v) is 8.20. The van der Waals surface area contributed by atoms with Crippen molar-refractivity contribution >= 4 is 39.0 Å². The van der Waals surface area contributed by atoms with Gasteiger partial charge in [0.2, 0.25) is 0 Å². The second-order valence-electron chi connectivity index (χ2n) is 7.96. The van der Waals surface area contributed by atoms with Gasteiger partial charge in [0.15, 0.2) is 0 Å². The molecule has 10 heteroatoms. The van der Waals surface area contributed by atoms with E-state index in [1.165, 1.54) is 22.8 Å². The first-order valence-electron chi connectivity index (χ1n) is 10.4. The van der Waals surface area contributed by atoms with Crippen LogP contribution in [0, 0.1) is 11.6 Å². The number of hydrogen-bond acceptors (Lipinski definition) is 3. The first-order valence-corrected chi connectivity index (χ1v) is 12.6. The molecule has 0 amide bonds. The number of halogens is 4. The van der Waals surface area contributed by atoms with Crippen LogP contribution < -0.4 is 9.86 Å². The Morgan fingerprint density at radius 3 is 1.89 bits per heavy atom. The summed E-state index contributed by atoms with van der Waals surface area (Å²) in [4.78, 5) is 12.4. The standard InChI is InChI=1S/C25H16Cl2F2N2O3S/c26-17-8-4-15(5-9-17)24-25(16-6-10-18(27)11-7-16)31(22-2-1-3-23(32)30(22)24)35(33,34)21-13-12-19(28)14-20(21)29/h1-14,24-25H/t24-,25+/m1/s1. The summed E-state index contributed by atoms with van der Waals surface area (Å²) >= 11 is 12.1. The molecular formula is C25H16Cl2F2N2O3S. The van der Waals surface area contributed by atoms with Crippen molar-refractivity contribution in [3.8, 4) is 0 Å². The van der Waals surface area contributed by atoms with E-state index in [1.807, 2.05) is 0 Å². The smallest absolute Gasteiger partial charge is 0.269 e. The summed E-state index contributed by atoms with van der Waals surface area (Å²) in [5.41, 5.74) is 0.684. The molecule has 0 bridgehead atoms. The highest BCUT2D eigenvalue weighted by atomic mass is 35.5. The summed E-state index contributed by atoms with van der Waals surface area (Å²) in [7, 11) is -4.60. The minimum Gasteiger partial charge on any atom is -0.284 e. The zero-order valence-electron chi connectivity index (χ0n) is 17.8. The van der Waals surface area contributed by atoms with Gasteiger partial charge in [0, 0.05) is 22.2 Å². The van der Waals surface area contributed by atoms with E-state index in [4.69, 9.17) is 23.2 Å². The first kappa shape index (κ1) is 23.5. The van der Waals surface area contributed by atoms with Crippen molar-refractivity contribution in [1.29, 1.82) is 0 Å². The van der Waals surface area contributed by atoms with Gasteiger partial charge in [-0.1, -0.05) is 53.5 Å². The van der Waals surface area contributed by atoms with Crippen LogP contribution >= 0.6 is 23.2 Å². The van der Waals surface area contributed by atoms with Crippen molar-refractivity contribution in [1.82, 2.24) is 4.57 Å². The van der Waals surface area contributed by atoms with Crippen LogP contribution in [0.1, 0.15) is 23.2 Å². The Hall–Kier alpha value is -3.20. The van der Waals surface area contributed by atoms with E-state index < -0.39 is 44.2 Å². The van der Waals surface area contributed by atoms with Gasteiger partial charge in [-0.3, -0.25) is 9.36 Å². The van der Waals surface area contributed by atoms with E-state index in [0.29, 0.717) is 27.2 Å². The fourth-order valence-electron chi connectivity index (χ4n) is 4.39. The Kier molecular flexibility index (Phi) is 5.91. The molecule has 0 unspecified atom stereocenters. The zero-order valence-corrected chi connectivity index (χ0v) is 20.1. The molecule has 0 saturated heterocycles. The third kappa shape index (κ3) is 4.01. The lowest BCUT2D eigenvalue weighted by Gasteiger charge is -2.29. The second kappa shape index (κ2) is 8.78. The SMILES string of the molecule is O=c1cccc2n1[C@H](c1ccc(Cl)cc1)[C@H](c1ccc(Cl)cc1)N2S(=O)(=O)c1ccc(F)cc1F. The average molecular weight is 533 g/mol. The summed E-state index contributed by atoms with van der Waals surface area (Å²) in [5.74, 6) is -2.10. The van der Waals surface area contributed by atoms with Crippen LogP contribution in [0.5, 0.6) is 0 Å². The van der Waals surface area contributed by atoms with E-state index in [2.05, 4.69) is 0 Å². The van der Waals surface area contributed by atoms with E-state index >= 15 is 0 Å². The zero-order chi connectivity index (χ0) is 24.9. The molecule has 0 fully saturated rings. The number of hydrogen-bond donors (Lipinski definition) is 0. The summed E-state index contributed by atoms with van der Waals surface area (Å²) in [6.07, 6.45) is 0. The van der Waals surface area contributed by atoms with Gasteiger partial charge in [-0.15, -0.1) is 0 Å². The summed E-state index contributed by atoms with van der Waals surface area (Å²) < 4.78 is 58.5. The predicted molar refractivity (Wildman–Crippen MR) is 131 cm³/mol. The van der Waals surface area contributed by atoms with Gasteiger partial charge in [-0.25, -0.2) is 21.5 Å². The Bertz CT molecular complexity index is 1590. The molecule has 0 radical (unpaired) electrons. The molecule has 3 aromatic carbocycles. The maximum Gasteiger partial charge on any atom is 0.269 e. The van der Waals surface area contributed by atoms with Gasteiger partial charge in [0.25, 0.3) is 15.6 Å². The Labute approximate surface area is 209 Å². The minimum atomic E-state index is -4.60. The monoisotopic (exact) mass is 532 g/mol. The van der Waals surface area contributed by atoms with Crippen LogP contribution in [0.2, 0.25) is 10.0 Å². The molecule has 1 aromatic heterocycles. The lowest BCUT2D eigenvalue weighted by atomic mass is 9.94. The van der Waals surface area contributed by atoms with Crippen molar-refractivity contribution in [3.05, 3.63) is 128 Å². The first-order chi connectivity index (χ1) is 16.7. The maximum absolute atomic E-state index is 14.8. The Morgan fingerprint density at radius 2 is 1.31 bits per heavy atom. The van der Waals surface area contributed by atoms with Crippen LogP contribution in [-0.4, -0.2) is 13.0 Å². The van der Waals surface area contributed by atoms with E-state index in [-0.39, 0.29) is 5.82 Å². The van der Waals surface area contributed by atoms with E-state index in [9.17, 15) is 22.0 Å². The lowest BCUT2D eigenvalue weighted by Crippen LogP contribution is -2.34. The van der Waals surface area contributed by atoms with E-state index in [0.717, 1.165) is 16.4 Å². The fraction of sp³-hybridized carbons (Fsp3) is 0.0800. The number of pyridine rings is 1. The van der Waals surface area contributed by atoms with Crippen molar-refractivity contribution < 1.29 is 17.2 Å². The number of nitrogens with zero attached hydrogens (tertiary/aromatic N) is 2. The highest BCUT2D eigenvalue weighted by molar-refractivity contribution is 7.92. The Balaban J connectivity index is 1.82. The molecule has 4 aromatic rings. The number of fused-ring (bicyclic) bond motifs is 1. The number of aromatic nitrogens is 1. The number of benzene rings is 3. The van der Waals surface area contributed by atoms with E-state index in [1.54, 1.807) is 48.5 Å². The summed E-state index contributed by atoms with van der Waals surface area (Å²) in [5, 5.41) is 0.900. The largest absolute Gasteiger partial charge is 0.284 e. The van der Waals surface area contributed by atoms with Gasteiger partial charge >= 0.3 is 0 Å². The van der Waals surface area contributed by atoms with Gasteiger partial charge in [-0.05, 0) is 53.6 Å². The summed E-state index contributed by atoms with van der Waals surface area (Å²) in [6, 6.07) is 17.9. The molecular weight excluding hydrogens is 517 g/mol. The molecule has 178 valence electrons. The number of sulfonamides is 1. The molecule has 0 N–H and O–H groups in total. The number of rotatable bonds is 4. The van der Waals surface area contributed by atoms with Gasteiger partial charge in [0.05, 0.1) is 12.1 Å². The summed E-state index contributed by atoms with van der Waals surface area (Å²) in [6.45, 7) is 0. The quantitative estimate of drug-likeness (QED) is 0.325.